The average Bonchev–Trinajstić information content (AvgIpc) is 2.84. The van der Waals surface area contributed by atoms with Gasteiger partial charge in [-0.1, -0.05) is 66.5 Å². The van der Waals surface area contributed by atoms with E-state index in [1.54, 1.807) is 17.0 Å². The van der Waals surface area contributed by atoms with Gasteiger partial charge in [0.1, 0.15) is 17.5 Å². The molecule has 1 aliphatic rings. The van der Waals surface area contributed by atoms with Gasteiger partial charge >= 0.3 is 6.09 Å². The summed E-state index contributed by atoms with van der Waals surface area (Å²) in [5.74, 6) is -0.392. The minimum atomic E-state index is -2.35. The molecule has 2 aromatic carbocycles. The zero-order valence-corrected chi connectivity index (χ0v) is 28.0. The number of aryl methyl sites for hydroxylation is 1. The van der Waals surface area contributed by atoms with Crippen LogP contribution in [0.3, 0.4) is 0 Å². The first-order valence-electron chi connectivity index (χ1n) is 14.0. The predicted octanol–water partition coefficient (Wildman–Crippen LogP) is 7.61. The Morgan fingerprint density at radius 2 is 1.57 bits per heavy atom. The minimum Gasteiger partial charge on any atom is -0.444 e. The van der Waals surface area contributed by atoms with E-state index in [4.69, 9.17) is 9.16 Å². The summed E-state index contributed by atoms with van der Waals surface area (Å²) in [4.78, 5) is 16.5. The van der Waals surface area contributed by atoms with Gasteiger partial charge in [0, 0.05) is 36.2 Å². The summed E-state index contributed by atoms with van der Waals surface area (Å²) in [5, 5.41) is 12.1. The molecule has 40 heavy (non-hydrogen) atoms. The quantitative estimate of drug-likeness (QED) is 0.317. The van der Waals surface area contributed by atoms with E-state index in [1.165, 1.54) is 6.07 Å². The number of ether oxygens (including phenoxy) is 1. The van der Waals surface area contributed by atoms with Gasteiger partial charge in [-0.15, -0.1) is 0 Å². The second-order valence-electron chi connectivity index (χ2n) is 13.3. The third-order valence-electron chi connectivity index (χ3n) is 7.90. The standard InChI is InChI=1S/C31H46BrFN2O4Si/c1-21-10-12-22(13-11-21)28(39-40(8,9)31(5,6)7)27(36)26(24-20-23(32)14-15-25(24)33)34-16-18-35(19-17-34)29(37)38-30(2,3)4/h10-15,20,26-28,36H,16-19H2,1-9H3/t26-,27-,28+/m0/s1. The number of hydrogen-bond donors (Lipinski definition) is 1. The van der Waals surface area contributed by atoms with E-state index in [1.807, 2.05) is 52.0 Å². The minimum absolute atomic E-state index is 0.0920. The first kappa shape index (κ1) is 32.7. The number of aliphatic hydroxyl groups excluding tert-OH is 1. The molecule has 2 aromatic rings. The molecule has 0 radical (unpaired) electrons. The van der Waals surface area contributed by atoms with E-state index in [0.29, 0.717) is 31.7 Å². The highest BCUT2D eigenvalue weighted by Crippen LogP contribution is 2.43. The number of amides is 1. The molecule has 0 unspecified atom stereocenters. The Labute approximate surface area is 249 Å². The molecule has 9 heteroatoms. The van der Waals surface area contributed by atoms with Crippen molar-refractivity contribution in [3.63, 3.8) is 0 Å². The molecule has 6 nitrogen and oxygen atoms in total. The molecule has 0 spiro atoms. The van der Waals surface area contributed by atoms with E-state index >= 15 is 4.39 Å². The summed E-state index contributed by atoms with van der Waals surface area (Å²) < 4.78 is 28.7. The van der Waals surface area contributed by atoms with Crippen LogP contribution in [0.5, 0.6) is 0 Å². The Kier molecular flexibility index (Phi) is 10.3. The zero-order valence-electron chi connectivity index (χ0n) is 25.4. The van der Waals surface area contributed by atoms with Crippen LogP contribution in [0.15, 0.2) is 46.9 Å². The van der Waals surface area contributed by atoms with E-state index in [2.05, 4.69) is 54.7 Å². The molecule has 222 valence electrons. The van der Waals surface area contributed by atoms with Crippen molar-refractivity contribution in [1.82, 2.24) is 9.80 Å². The van der Waals surface area contributed by atoms with Crippen molar-refractivity contribution < 1.29 is 23.5 Å². The van der Waals surface area contributed by atoms with Crippen molar-refractivity contribution in [2.45, 2.75) is 90.4 Å². The van der Waals surface area contributed by atoms with Crippen molar-refractivity contribution >= 4 is 30.3 Å². The number of piperazine rings is 1. The van der Waals surface area contributed by atoms with Crippen LogP contribution >= 0.6 is 15.9 Å². The summed E-state index contributed by atoms with van der Waals surface area (Å²) >= 11 is 3.50. The molecule has 1 N–H and O–H groups in total. The predicted molar refractivity (Wildman–Crippen MR) is 164 cm³/mol. The number of carbonyl (C=O) groups is 1. The molecule has 3 atom stereocenters. The lowest BCUT2D eigenvalue weighted by Gasteiger charge is -2.45. The number of rotatable bonds is 7. The van der Waals surface area contributed by atoms with E-state index in [9.17, 15) is 9.90 Å². The molecular weight excluding hydrogens is 591 g/mol. The first-order valence-corrected chi connectivity index (χ1v) is 17.7. The highest BCUT2D eigenvalue weighted by molar-refractivity contribution is 9.10. The van der Waals surface area contributed by atoms with Gasteiger partial charge in [-0.25, -0.2) is 9.18 Å². The lowest BCUT2D eigenvalue weighted by molar-refractivity contribution is -0.0501. The third-order valence-corrected chi connectivity index (χ3v) is 12.9. The number of aliphatic hydroxyl groups is 1. The monoisotopic (exact) mass is 636 g/mol. The summed E-state index contributed by atoms with van der Waals surface area (Å²) in [6.45, 7) is 20.1. The van der Waals surface area contributed by atoms with Gasteiger partial charge in [0.2, 0.25) is 0 Å². The number of hydrogen-bond acceptors (Lipinski definition) is 5. The van der Waals surface area contributed by atoms with Crippen LogP contribution in [-0.2, 0) is 9.16 Å². The van der Waals surface area contributed by atoms with Crippen LogP contribution in [0.25, 0.3) is 0 Å². The molecule has 1 heterocycles. The highest BCUT2D eigenvalue weighted by atomic mass is 79.9. The van der Waals surface area contributed by atoms with Crippen molar-refractivity contribution in [2.24, 2.45) is 0 Å². The van der Waals surface area contributed by atoms with Crippen molar-refractivity contribution in [2.75, 3.05) is 26.2 Å². The van der Waals surface area contributed by atoms with Gasteiger partial charge in [-0.05, 0) is 69.6 Å². The lowest BCUT2D eigenvalue weighted by Crippen LogP contribution is -2.54. The Morgan fingerprint density at radius 1 is 1.00 bits per heavy atom. The number of benzene rings is 2. The summed E-state index contributed by atoms with van der Waals surface area (Å²) in [7, 11) is -2.35. The fourth-order valence-corrected chi connectivity index (χ4v) is 6.24. The molecule has 0 bridgehead atoms. The number of halogens is 2. The second-order valence-corrected chi connectivity index (χ2v) is 19.0. The van der Waals surface area contributed by atoms with E-state index in [-0.39, 0.29) is 11.1 Å². The zero-order chi connectivity index (χ0) is 30.0. The number of carbonyl (C=O) groups excluding carboxylic acids is 1. The van der Waals surface area contributed by atoms with Crippen LogP contribution in [0.1, 0.15) is 70.4 Å². The SMILES string of the molecule is Cc1ccc([C@@H](O[Si](C)(C)C(C)(C)C)[C@@H](O)[C@H](c2cc(Br)ccc2F)N2CCN(C(=O)OC(C)(C)C)CC2)cc1. The maximum Gasteiger partial charge on any atom is 0.410 e. The van der Waals surface area contributed by atoms with Crippen LogP contribution < -0.4 is 0 Å². The molecule has 1 saturated heterocycles. The maximum absolute atomic E-state index is 15.5. The maximum atomic E-state index is 15.5. The van der Waals surface area contributed by atoms with Gasteiger partial charge in [-0.3, -0.25) is 4.90 Å². The van der Waals surface area contributed by atoms with Crippen LogP contribution in [-0.4, -0.2) is 67.2 Å². The van der Waals surface area contributed by atoms with Crippen molar-refractivity contribution in [3.05, 3.63) is 69.4 Å². The molecule has 0 aliphatic carbocycles. The van der Waals surface area contributed by atoms with Gasteiger partial charge in [0.25, 0.3) is 0 Å². The Bertz CT molecular complexity index is 1160. The summed E-state index contributed by atoms with van der Waals surface area (Å²) in [6.07, 6.45) is -2.11. The lowest BCUT2D eigenvalue weighted by atomic mass is 9.91. The Morgan fingerprint density at radius 3 is 2.10 bits per heavy atom. The van der Waals surface area contributed by atoms with Crippen LogP contribution in [0.2, 0.25) is 18.1 Å². The van der Waals surface area contributed by atoms with E-state index < -0.39 is 38.0 Å². The second kappa shape index (κ2) is 12.6. The topological polar surface area (TPSA) is 62.2 Å². The molecule has 0 aromatic heterocycles. The van der Waals surface area contributed by atoms with Gasteiger partial charge in [-0.2, -0.15) is 0 Å². The first-order chi connectivity index (χ1) is 18.4. The van der Waals surface area contributed by atoms with Gasteiger partial charge < -0.3 is 19.2 Å². The van der Waals surface area contributed by atoms with Crippen molar-refractivity contribution in [1.29, 1.82) is 0 Å². The summed E-state index contributed by atoms with van der Waals surface area (Å²) in [6, 6.07) is 12.1. The van der Waals surface area contributed by atoms with Crippen molar-refractivity contribution in [3.8, 4) is 0 Å². The number of nitrogens with zero attached hydrogens (tertiary/aromatic N) is 2. The Hall–Kier alpha value is -1.78. The largest absolute Gasteiger partial charge is 0.444 e. The van der Waals surface area contributed by atoms with Gasteiger partial charge in [0.15, 0.2) is 8.32 Å². The molecular formula is C31H46BrFN2O4Si. The van der Waals surface area contributed by atoms with Crippen LogP contribution in [0, 0.1) is 12.7 Å². The molecule has 1 fully saturated rings. The van der Waals surface area contributed by atoms with Gasteiger partial charge in [0.05, 0.1) is 12.1 Å². The molecule has 3 rings (SSSR count). The smallest absolute Gasteiger partial charge is 0.410 e. The highest BCUT2D eigenvalue weighted by Gasteiger charge is 2.44. The Balaban J connectivity index is 2.02. The normalized spacial score (nSPS) is 17.9. The van der Waals surface area contributed by atoms with E-state index in [0.717, 1.165) is 15.6 Å². The molecule has 0 saturated carbocycles. The fourth-order valence-electron chi connectivity index (χ4n) is 4.60. The summed E-state index contributed by atoms with van der Waals surface area (Å²) in [5.41, 5.74) is 1.77. The van der Waals surface area contributed by atoms with Crippen LogP contribution in [0.4, 0.5) is 9.18 Å². The molecule has 1 aliphatic heterocycles. The molecule has 1 amide bonds. The fraction of sp³-hybridized carbons (Fsp3) is 0.581. The average molecular weight is 638 g/mol. The third kappa shape index (κ3) is 8.15.